The molecule has 1 amide bonds. The summed E-state index contributed by atoms with van der Waals surface area (Å²) in [6.45, 7) is 3.75. The Kier molecular flexibility index (Phi) is 3.86. The Morgan fingerprint density at radius 2 is 1.93 bits per heavy atom. The van der Waals surface area contributed by atoms with Crippen molar-refractivity contribution in [2.24, 2.45) is 0 Å². The van der Waals surface area contributed by atoms with Gasteiger partial charge in [-0.3, -0.25) is 9.20 Å². The van der Waals surface area contributed by atoms with E-state index in [2.05, 4.69) is 27.6 Å². The lowest BCUT2D eigenvalue weighted by molar-refractivity contribution is 0.0943. The minimum atomic E-state index is -0.147. The van der Waals surface area contributed by atoms with Crippen molar-refractivity contribution < 1.29 is 4.79 Å². The van der Waals surface area contributed by atoms with E-state index in [1.807, 2.05) is 30.4 Å². The molecule has 0 atom stereocenters. The quantitative estimate of drug-likeness (QED) is 0.526. The van der Waals surface area contributed by atoms with E-state index in [1.165, 1.54) is 22.5 Å². The summed E-state index contributed by atoms with van der Waals surface area (Å²) in [5, 5.41) is 12.8. The van der Waals surface area contributed by atoms with Gasteiger partial charge in [-0.1, -0.05) is 35.9 Å². The number of fused-ring (bicyclic) bond motifs is 4. The summed E-state index contributed by atoms with van der Waals surface area (Å²) in [7, 11) is 0. The molecule has 3 N–H and O–H groups in total. The molecule has 3 aromatic heterocycles. The van der Waals surface area contributed by atoms with Gasteiger partial charge in [0.1, 0.15) is 15.5 Å². The summed E-state index contributed by atoms with van der Waals surface area (Å²) in [6.07, 6.45) is 1.68. The molecule has 28 heavy (non-hydrogen) atoms. The number of aryl methyl sites for hydroxylation is 2. The lowest BCUT2D eigenvalue weighted by atomic mass is 10.1. The lowest BCUT2D eigenvalue weighted by Crippen LogP contribution is -2.35. The monoisotopic (exact) mass is 411 g/mol. The van der Waals surface area contributed by atoms with E-state index in [1.54, 1.807) is 0 Å². The Hall–Kier alpha value is -2.64. The molecule has 0 fully saturated rings. The van der Waals surface area contributed by atoms with Crippen molar-refractivity contribution in [3.63, 3.8) is 0 Å². The van der Waals surface area contributed by atoms with Gasteiger partial charge in [0.15, 0.2) is 5.65 Å². The Labute approximate surface area is 170 Å². The summed E-state index contributed by atoms with van der Waals surface area (Å²) in [5.74, 6) is 0.562. The number of nitrogen functional groups attached to an aromatic ring is 1. The van der Waals surface area contributed by atoms with Crippen molar-refractivity contribution in [3.05, 3.63) is 56.7 Å². The minimum Gasteiger partial charge on any atom is -0.397 e. The number of nitrogens with two attached hydrogens (primary N) is 1. The third-order valence-electron chi connectivity index (χ3n) is 5.45. The second kappa shape index (κ2) is 6.18. The van der Waals surface area contributed by atoms with Crippen LogP contribution in [0.15, 0.2) is 24.3 Å². The molecule has 0 bridgehead atoms. The third kappa shape index (κ3) is 2.43. The Morgan fingerprint density at radius 3 is 2.61 bits per heavy atom. The van der Waals surface area contributed by atoms with Crippen molar-refractivity contribution >= 4 is 50.4 Å². The van der Waals surface area contributed by atoms with Gasteiger partial charge >= 0.3 is 0 Å². The van der Waals surface area contributed by atoms with Gasteiger partial charge in [-0.25, -0.2) is 0 Å². The van der Waals surface area contributed by atoms with Crippen LogP contribution in [0.2, 0.25) is 5.02 Å². The van der Waals surface area contributed by atoms with Gasteiger partial charge in [0.25, 0.3) is 5.91 Å². The van der Waals surface area contributed by atoms with Gasteiger partial charge in [0.2, 0.25) is 0 Å². The van der Waals surface area contributed by atoms with Crippen molar-refractivity contribution in [2.75, 3.05) is 5.73 Å². The highest BCUT2D eigenvalue weighted by molar-refractivity contribution is 7.21. The smallest absolute Gasteiger partial charge is 0.263 e. The number of nitrogens with zero attached hydrogens (tertiary/aromatic N) is 3. The zero-order valence-corrected chi connectivity index (χ0v) is 17.0. The number of halogens is 1. The van der Waals surface area contributed by atoms with E-state index in [4.69, 9.17) is 17.3 Å². The van der Waals surface area contributed by atoms with Gasteiger partial charge in [0.05, 0.1) is 10.7 Å². The van der Waals surface area contributed by atoms with Crippen molar-refractivity contribution in [3.8, 4) is 0 Å². The Morgan fingerprint density at radius 1 is 1.25 bits per heavy atom. The molecule has 1 aromatic carbocycles. The Bertz CT molecular complexity index is 1250. The number of carbonyl (C=O) groups excluding carboxylic acids is 1. The van der Waals surface area contributed by atoms with Crippen LogP contribution in [0.4, 0.5) is 5.69 Å². The second-order valence-corrected chi connectivity index (χ2v) is 8.59. The molecule has 142 valence electrons. The van der Waals surface area contributed by atoms with Gasteiger partial charge in [-0.05, 0) is 43.4 Å². The molecule has 1 aliphatic carbocycles. The molecule has 3 heterocycles. The van der Waals surface area contributed by atoms with Crippen LogP contribution in [-0.4, -0.2) is 26.5 Å². The van der Waals surface area contributed by atoms with E-state index >= 15 is 0 Å². The number of rotatable bonds is 2. The normalized spacial score (nSPS) is 14.1. The molecule has 8 heteroatoms. The topological polar surface area (TPSA) is 85.3 Å². The number of benzene rings is 1. The van der Waals surface area contributed by atoms with Crippen LogP contribution >= 0.6 is 22.9 Å². The summed E-state index contributed by atoms with van der Waals surface area (Å²) >= 11 is 7.85. The number of carbonyl (C=O) groups is 1. The first-order valence-corrected chi connectivity index (χ1v) is 10.2. The van der Waals surface area contributed by atoms with Crippen LogP contribution in [0.1, 0.15) is 32.2 Å². The van der Waals surface area contributed by atoms with Crippen LogP contribution in [-0.2, 0) is 12.8 Å². The number of aromatic nitrogens is 3. The maximum Gasteiger partial charge on any atom is 0.263 e. The highest BCUT2D eigenvalue weighted by atomic mass is 35.5. The molecule has 0 radical (unpaired) electrons. The molecular formula is C20H18ClN5OS. The standard InChI is InChI=1S/C20H18ClN5OS/c1-9-14-16(22)17(28-20(14)26-10(2)24-25-18(26)15(9)21)19(27)23-13-7-11-5-3-4-6-12(11)8-13/h3-6,13H,7-8,22H2,1-2H3,(H,23,27). The fourth-order valence-corrected chi connectivity index (χ4v) is 5.51. The molecule has 0 saturated carbocycles. The molecule has 5 rings (SSSR count). The molecule has 0 unspecified atom stereocenters. The molecule has 0 saturated heterocycles. The highest BCUT2D eigenvalue weighted by Crippen LogP contribution is 2.40. The first-order valence-electron chi connectivity index (χ1n) is 9.05. The van der Waals surface area contributed by atoms with E-state index in [-0.39, 0.29) is 11.9 Å². The number of thiophene rings is 1. The first kappa shape index (κ1) is 17.5. The van der Waals surface area contributed by atoms with Crippen LogP contribution in [0.3, 0.4) is 0 Å². The molecule has 4 aromatic rings. The molecule has 0 aliphatic heterocycles. The number of hydrogen-bond donors (Lipinski definition) is 2. The number of pyridine rings is 1. The summed E-state index contributed by atoms with van der Waals surface area (Å²) in [6, 6.07) is 8.38. The van der Waals surface area contributed by atoms with E-state index < -0.39 is 0 Å². The Balaban J connectivity index is 1.56. The number of amides is 1. The first-order chi connectivity index (χ1) is 13.5. The number of nitrogens with one attached hydrogen (secondary N) is 1. The van der Waals surface area contributed by atoms with Crippen molar-refractivity contribution in [1.82, 2.24) is 19.9 Å². The largest absolute Gasteiger partial charge is 0.397 e. The fourth-order valence-electron chi connectivity index (χ4n) is 4.06. The van der Waals surface area contributed by atoms with Gasteiger partial charge < -0.3 is 11.1 Å². The van der Waals surface area contributed by atoms with Crippen LogP contribution in [0, 0.1) is 13.8 Å². The minimum absolute atomic E-state index is 0.0795. The average Bonchev–Trinajstić information content (AvgIpc) is 3.34. The van der Waals surface area contributed by atoms with Crippen molar-refractivity contribution in [2.45, 2.75) is 32.7 Å². The maximum absolute atomic E-state index is 13.0. The third-order valence-corrected chi connectivity index (χ3v) is 7.09. The average molecular weight is 412 g/mol. The highest BCUT2D eigenvalue weighted by Gasteiger charge is 2.27. The summed E-state index contributed by atoms with van der Waals surface area (Å²) in [5.41, 5.74) is 10.9. The van der Waals surface area contributed by atoms with Gasteiger partial charge in [-0.2, -0.15) is 0 Å². The molecule has 0 spiro atoms. The predicted octanol–water partition coefficient (Wildman–Crippen LogP) is 3.69. The van der Waals surface area contributed by atoms with Crippen LogP contribution in [0.25, 0.3) is 15.9 Å². The zero-order chi connectivity index (χ0) is 19.6. The van der Waals surface area contributed by atoms with Crippen LogP contribution in [0.5, 0.6) is 0 Å². The van der Waals surface area contributed by atoms with Crippen LogP contribution < -0.4 is 11.1 Å². The van der Waals surface area contributed by atoms with Crippen molar-refractivity contribution in [1.29, 1.82) is 0 Å². The second-order valence-electron chi connectivity index (χ2n) is 7.22. The zero-order valence-electron chi connectivity index (χ0n) is 15.4. The molecular weight excluding hydrogens is 394 g/mol. The van der Waals surface area contributed by atoms with E-state index in [0.29, 0.717) is 27.1 Å². The molecule has 1 aliphatic rings. The van der Waals surface area contributed by atoms with Gasteiger partial charge in [-0.15, -0.1) is 21.5 Å². The number of anilines is 1. The maximum atomic E-state index is 13.0. The fraction of sp³-hybridized carbons (Fsp3) is 0.250. The summed E-state index contributed by atoms with van der Waals surface area (Å²) in [4.78, 5) is 14.4. The van der Waals surface area contributed by atoms with E-state index in [9.17, 15) is 4.79 Å². The number of hydrogen-bond acceptors (Lipinski definition) is 5. The SMILES string of the molecule is Cc1c(Cl)c2nnc(C)n2c2sc(C(=O)NC3Cc4ccccc4C3)c(N)c12. The summed E-state index contributed by atoms with van der Waals surface area (Å²) < 4.78 is 1.87. The van der Waals surface area contributed by atoms with E-state index in [0.717, 1.165) is 28.6 Å². The van der Waals surface area contributed by atoms with Gasteiger partial charge in [0, 0.05) is 11.4 Å². The lowest BCUT2D eigenvalue weighted by Gasteiger charge is -2.11. The molecule has 6 nitrogen and oxygen atoms in total. The predicted molar refractivity (Wildman–Crippen MR) is 112 cm³/mol.